The Kier molecular flexibility index (Phi) is 5.07. The van der Waals surface area contributed by atoms with Crippen molar-refractivity contribution in [2.24, 2.45) is 0 Å². The smallest absolute Gasteiger partial charge is 0.241 e. The molecule has 128 valence electrons. The summed E-state index contributed by atoms with van der Waals surface area (Å²) in [4.78, 5) is 17.9. The molecule has 1 aromatic heterocycles. The van der Waals surface area contributed by atoms with E-state index >= 15 is 0 Å². The molecule has 2 heterocycles. The fourth-order valence-electron chi connectivity index (χ4n) is 3.45. The highest BCUT2D eigenvalue weighted by Gasteiger charge is 2.33. The van der Waals surface area contributed by atoms with Crippen LogP contribution in [0.1, 0.15) is 46.7 Å². The molecule has 2 aromatic rings. The topological polar surface area (TPSA) is 32.3 Å². The molecule has 0 aliphatic carbocycles. The van der Waals surface area contributed by atoms with Gasteiger partial charge in [0.2, 0.25) is 5.91 Å². The second kappa shape index (κ2) is 7.08. The average molecular weight is 343 g/mol. The number of carbonyl (C=O) groups is 1. The minimum atomic E-state index is -0.125. The zero-order chi connectivity index (χ0) is 17.3. The zero-order valence-electron chi connectivity index (χ0n) is 14.9. The van der Waals surface area contributed by atoms with Crippen molar-refractivity contribution in [3.8, 4) is 0 Å². The van der Waals surface area contributed by atoms with Crippen LogP contribution in [0.15, 0.2) is 30.3 Å². The van der Waals surface area contributed by atoms with Crippen molar-refractivity contribution in [2.45, 2.75) is 52.6 Å². The van der Waals surface area contributed by atoms with Crippen molar-refractivity contribution in [3.05, 3.63) is 51.2 Å². The first-order valence-electron chi connectivity index (χ1n) is 8.66. The highest BCUT2D eigenvalue weighted by atomic mass is 32.1. The first-order valence-corrected chi connectivity index (χ1v) is 9.47. The lowest BCUT2D eigenvalue weighted by Crippen LogP contribution is -2.41. The van der Waals surface area contributed by atoms with Gasteiger partial charge >= 0.3 is 0 Å². The summed E-state index contributed by atoms with van der Waals surface area (Å²) in [6.07, 6.45) is 2.30. The summed E-state index contributed by atoms with van der Waals surface area (Å²) in [5.74, 6) is 0.0869. The van der Waals surface area contributed by atoms with Crippen LogP contribution < -0.4 is 5.32 Å². The Morgan fingerprint density at radius 1 is 1.25 bits per heavy atom. The van der Waals surface area contributed by atoms with Crippen molar-refractivity contribution in [1.82, 2.24) is 4.90 Å². The summed E-state index contributed by atoms with van der Waals surface area (Å²) in [5.41, 5.74) is 3.19. The predicted octanol–water partition coefficient (Wildman–Crippen LogP) is 4.84. The number of benzene rings is 1. The van der Waals surface area contributed by atoms with E-state index in [2.05, 4.69) is 41.4 Å². The number of rotatable bonds is 4. The van der Waals surface area contributed by atoms with Crippen molar-refractivity contribution in [2.75, 3.05) is 11.9 Å². The van der Waals surface area contributed by atoms with E-state index in [1.54, 1.807) is 0 Å². The van der Waals surface area contributed by atoms with Crippen LogP contribution >= 0.6 is 11.3 Å². The van der Waals surface area contributed by atoms with Gasteiger partial charge in [0, 0.05) is 21.5 Å². The van der Waals surface area contributed by atoms with E-state index in [0.717, 1.165) is 36.2 Å². The van der Waals surface area contributed by atoms with Gasteiger partial charge in [0.25, 0.3) is 0 Å². The lowest BCUT2D eigenvalue weighted by molar-refractivity contribution is -0.121. The fraction of sp³-hybridized carbons (Fsp3) is 0.450. The normalized spacial score (nSPS) is 19.4. The molecule has 2 atom stereocenters. The Hall–Kier alpha value is -1.65. The molecule has 0 radical (unpaired) electrons. The van der Waals surface area contributed by atoms with Gasteiger partial charge in [-0.1, -0.05) is 12.1 Å². The Morgan fingerprint density at radius 2 is 2.04 bits per heavy atom. The molecule has 1 amide bonds. The monoisotopic (exact) mass is 342 g/mol. The summed E-state index contributed by atoms with van der Waals surface area (Å²) in [5, 5.41) is 3.13. The molecule has 1 aliphatic rings. The molecule has 0 saturated carbocycles. The predicted molar refractivity (Wildman–Crippen MR) is 102 cm³/mol. The third kappa shape index (κ3) is 3.55. The highest BCUT2D eigenvalue weighted by molar-refractivity contribution is 7.12. The Bertz CT molecular complexity index is 737. The number of thiophene rings is 1. The van der Waals surface area contributed by atoms with Gasteiger partial charge in [-0.3, -0.25) is 9.69 Å². The maximum Gasteiger partial charge on any atom is 0.241 e. The number of nitrogens with one attached hydrogen (secondary N) is 1. The molecule has 1 aromatic carbocycles. The van der Waals surface area contributed by atoms with Crippen LogP contribution in [-0.4, -0.2) is 23.4 Å². The molecular formula is C20H26N2OS. The van der Waals surface area contributed by atoms with Crippen LogP contribution in [0.5, 0.6) is 0 Å². The molecule has 1 N–H and O–H groups in total. The lowest BCUT2D eigenvalue weighted by Gasteiger charge is -2.29. The van der Waals surface area contributed by atoms with E-state index in [0.29, 0.717) is 6.04 Å². The molecule has 3 nitrogen and oxygen atoms in total. The van der Waals surface area contributed by atoms with Gasteiger partial charge in [0.05, 0.1) is 6.04 Å². The molecular weight excluding hydrogens is 316 g/mol. The van der Waals surface area contributed by atoms with Crippen LogP contribution in [-0.2, 0) is 4.79 Å². The van der Waals surface area contributed by atoms with Crippen molar-refractivity contribution in [1.29, 1.82) is 0 Å². The van der Waals surface area contributed by atoms with Crippen molar-refractivity contribution >= 4 is 22.9 Å². The highest BCUT2D eigenvalue weighted by Crippen LogP contribution is 2.37. The lowest BCUT2D eigenvalue weighted by atomic mass is 10.1. The molecule has 24 heavy (non-hydrogen) atoms. The number of likely N-dealkylation sites (tertiary alicyclic amines) is 1. The van der Waals surface area contributed by atoms with Gasteiger partial charge in [-0.2, -0.15) is 0 Å². The summed E-state index contributed by atoms with van der Waals surface area (Å²) in [7, 11) is 0. The van der Waals surface area contributed by atoms with E-state index in [9.17, 15) is 4.79 Å². The van der Waals surface area contributed by atoms with Crippen LogP contribution in [0.4, 0.5) is 5.69 Å². The van der Waals surface area contributed by atoms with E-state index in [4.69, 9.17) is 0 Å². The van der Waals surface area contributed by atoms with Crippen molar-refractivity contribution < 1.29 is 4.79 Å². The first kappa shape index (κ1) is 17.2. The second-order valence-corrected chi connectivity index (χ2v) is 8.15. The number of amides is 1. The largest absolute Gasteiger partial charge is 0.324 e. The molecule has 0 bridgehead atoms. The Balaban J connectivity index is 1.73. The van der Waals surface area contributed by atoms with Gasteiger partial charge in [-0.25, -0.2) is 0 Å². The zero-order valence-corrected chi connectivity index (χ0v) is 15.7. The summed E-state index contributed by atoms with van der Waals surface area (Å²) in [6.45, 7) is 9.24. The first-order chi connectivity index (χ1) is 11.5. The Labute approximate surface area is 148 Å². The van der Waals surface area contributed by atoms with Gasteiger partial charge in [0.1, 0.15) is 0 Å². The number of nitrogens with zero attached hydrogens (tertiary/aromatic N) is 1. The average Bonchev–Trinajstić information content (AvgIpc) is 3.18. The number of anilines is 1. The van der Waals surface area contributed by atoms with E-state index in [1.165, 1.54) is 9.75 Å². The van der Waals surface area contributed by atoms with Gasteiger partial charge in [0.15, 0.2) is 0 Å². The van der Waals surface area contributed by atoms with Crippen LogP contribution in [0.3, 0.4) is 0 Å². The number of carbonyl (C=O) groups excluding carboxylic acids is 1. The maximum absolute atomic E-state index is 12.8. The summed E-state index contributed by atoms with van der Waals surface area (Å²) in [6, 6.07) is 10.8. The van der Waals surface area contributed by atoms with Gasteiger partial charge < -0.3 is 5.32 Å². The standard InChI is InChI=1S/C20H26N2OS/c1-13-7-8-14(2)17(12-13)21-20(23)16(4)22-11-5-6-18(22)19-10-9-15(3)24-19/h7-10,12,16,18H,5-6,11H2,1-4H3,(H,21,23). The molecule has 1 aliphatic heterocycles. The molecule has 1 fully saturated rings. The molecule has 0 spiro atoms. The van der Waals surface area contributed by atoms with Gasteiger partial charge in [-0.05, 0) is 76.4 Å². The second-order valence-electron chi connectivity index (χ2n) is 6.83. The summed E-state index contributed by atoms with van der Waals surface area (Å²) >= 11 is 1.85. The van der Waals surface area contributed by atoms with Crippen molar-refractivity contribution in [3.63, 3.8) is 0 Å². The van der Waals surface area contributed by atoms with Crippen LogP contribution in [0, 0.1) is 20.8 Å². The molecule has 4 heteroatoms. The minimum absolute atomic E-state index is 0.0869. The fourth-order valence-corrected chi connectivity index (χ4v) is 4.48. The number of hydrogen-bond acceptors (Lipinski definition) is 3. The molecule has 1 saturated heterocycles. The van der Waals surface area contributed by atoms with E-state index in [-0.39, 0.29) is 11.9 Å². The quantitative estimate of drug-likeness (QED) is 0.862. The van der Waals surface area contributed by atoms with Crippen LogP contribution in [0.2, 0.25) is 0 Å². The SMILES string of the molecule is Cc1ccc(C)c(NC(=O)C(C)N2CCCC2c2ccc(C)s2)c1. The Morgan fingerprint density at radius 3 is 2.75 bits per heavy atom. The number of hydrogen-bond donors (Lipinski definition) is 1. The third-order valence-corrected chi connectivity index (χ3v) is 6.01. The summed E-state index contributed by atoms with van der Waals surface area (Å²) < 4.78 is 0. The third-order valence-electron chi connectivity index (χ3n) is 4.91. The molecule has 3 rings (SSSR count). The van der Waals surface area contributed by atoms with E-state index < -0.39 is 0 Å². The maximum atomic E-state index is 12.8. The van der Waals surface area contributed by atoms with E-state index in [1.807, 2.05) is 38.2 Å². The van der Waals surface area contributed by atoms with Crippen LogP contribution in [0.25, 0.3) is 0 Å². The van der Waals surface area contributed by atoms with Gasteiger partial charge in [-0.15, -0.1) is 11.3 Å². The number of aryl methyl sites for hydroxylation is 3. The molecule has 2 unspecified atom stereocenters. The minimum Gasteiger partial charge on any atom is -0.324 e.